The highest BCUT2D eigenvalue weighted by Gasteiger charge is 2.35. The fourth-order valence-corrected chi connectivity index (χ4v) is 4.49. The predicted molar refractivity (Wildman–Crippen MR) is 90.6 cm³/mol. The van der Waals surface area contributed by atoms with Crippen molar-refractivity contribution in [2.45, 2.75) is 25.3 Å². The third-order valence-corrected chi connectivity index (χ3v) is 5.73. The lowest BCUT2D eigenvalue weighted by molar-refractivity contribution is 0.0619. The van der Waals surface area contributed by atoms with Crippen LogP contribution in [0, 0.1) is 5.92 Å². The van der Waals surface area contributed by atoms with Crippen LogP contribution in [-0.4, -0.2) is 50.1 Å². The Morgan fingerprint density at radius 1 is 1.43 bits per heavy atom. The van der Waals surface area contributed by atoms with E-state index in [-0.39, 0.29) is 11.9 Å². The molecule has 1 amide bonds. The lowest BCUT2D eigenvalue weighted by atomic mass is 9.84. The molecule has 0 spiro atoms. The van der Waals surface area contributed by atoms with Gasteiger partial charge < -0.3 is 20.3 Å². The van der Waals surface area contributed by atoms with Gasteiger partial charge in [-0.05, 0) is 44.3 Å². The number of anilines is 1. The molecule has 5 nitrogen and oxygen atoms in total. The molecule has 3 fully saturated rings. The average molecular weight is 336 g/mol. The van der Waals surface area contributed by atoms with Gasteiger partial charge in [0.25, 0.3) is 5.91 Å². The number of ether oxygens (including phenoxy) is 1. The van der Waals surface area contributed by atoms with Gasteiger partial charge in [0.2, 0.25) is 0 Å². The lowest BCUT2D eigenvalue weighted by Gasteiger charge is -2.45. The summed E-state index contributed by atoms with van der Waals surface area (Å²) >= 11 is 6.35. The van der Waals surface area contributed by atoms with Crippen LogP contribution >= 0.6 is 11.6 Å². The second-order valence-electron chi connectivity index (χ2n) is 6.69. The molecule has 4 heterocycles. The number of amides is 1. The Labute approximate surface area is 141 Å². The molecule has 2 bridgehead atoms. The molecule has 1 unspecified atom stereocenters. The minimum Gasteiger partial charge on any atom is -0.496 e. The zero-order chi connectivity index (χ0) is 16.0. The number of methoxy groups -OCH3 is 1. The number of carbonyl (C=O) groups excluding carboxylic acids is 1. The summed E-state index contributed by atoms with van der Waals surface area (Å²) in [6.07, 6.45) is 3.19. The molecular formula is C17H22ClN3O2. The van der Waals surface area contributed by atoms with Crippen LogP contribution in [-0.2, 0) is 6.42 Å². The van der Waals surface area contributed by atoms with Crippen LogP contribution in [0.1, 0.15) is 28.8 Å². The van der Waals surface area contributed by atoms with Gasteiger partial charge in [0.05, 0.1) is 23.4 Å². The van der Waals surface area contributed by atoms with E-state index in [1.807, 2.05) is 0 Å². The van der Waals surface area contributed by atoms with Crippen molar-refractivity contribution in [1.82, 2.24) is 10.2 Å². The number of carbonyl (C=O) groups is 1. The Kier molecular flexibility index (Phi) is 3.85. The van der Waals surface area contributed by atoms with E-state index >= 15 is 0 Å². The van der Waals surface area contributed by atoms with Crippen LogP contribution in [0.3, 0.4) is 0 Å². The highest BCUT2D eigenvalue weighted by Crippen LogP contribution is 2.40. The quantitative estimate of drug-likeness (QED) is 0.888. The summed E-state index contributed by atoms with van der Waals surface area (Å²) in [5.74, 6) is 1.19. The Hall–Kier alpha value is -1.46. The zero-order valence-electron chi connectivity index (χ0n) is 13.3. The van der Waals surface area contributed by atoms with Crippen molar-refractivity contribution < 1.29 is 9.53 Å². The third kappa shape index (κ3) is 2.56. The van der Waals surface area contributed by atoms with Crippen LogP contribution in [0.2, 0.25) is 5.02 Å². The van der Waals surface area contributed by atoms with Gasteiger partial charge in [-0.15, -0.1) is 0 Å². The molecule has 3 saturated heterocycles. The van der Waals surface area contributed by atoms with Crippen molar-refractivity contribution >= 4 is 23.2 Å². The molecule has 1 aromatic carbocycles. The summed E-state index contributed by atoms with van der Waals surface area (Å²) in [7, 11) is 1.62. The molecule has 0 radical (unpaired) electrons. The molecule has 5 rings (SSSR count). The minimum absolute atomic E-state index is 0.0720. The van der Waals surface area contributed by atoms with Crippen LogP contribution in [0.25, 0.3) is 0 Å². The molecule has 4 aliphatic rings. The number of nitrogens with one attached hydrogen (secondary N) is 2. The predicted octanol–water partition coefficient (Wildman–Crippen LogP) is 2.14. The maximum Gasteiger partial charge on any atom is 0.255 e. The summed E-state index contributed by atoms with van der Waals surface area (Å²) in [6.45, 7) is 4.11. The topological polar surface area (TPSA) is 53.6 Å². The van der Waals surface area contributed by atoms with Crippen LogP contribution in [0.4, 0.5) is 5.69 Å². The number of nitrogens with zero attached hydrogens (tertiary/aromatic N) is 1. The number of fused-ring (bicyclic) bond motifs is 4. The highest BCUT2D eigenvalue weighted by atomic mass is 35.5. The molecule has 1 aromatic rings. The van der Waals surface area contributed by atoms with Crippen LogP contribution < -0.4 is 15.4 Å². The summed E-state index contributed by atoms with van der Waals surface area (Å²) < 4.78 is 5.55. The van der Waals surface area contributed by atoms with E-state index < -0.39 is 0 Å². The van der Waals surface area contributed by atoms with Crippen molar-refractivity contribution in [3.05, 3.63) is 22.2 Å². The van der Waals surface area contributed by atoms with Gasteiger partial charge >= 0.3 is 0 Å². The number of rotatable bonds is 3. The zero-order valence-corrected chi connectivity index (χ0v) is 14.1. The minimum atomic E-state index is -0.0720. The van der Waals surface area contributed by atoms with Gasteiger partial charge in [-0.2, -0.15) is 0 Å². The van der Waals surface area contributed by atoms with E-state index in [0.717, 1.165) is 43.9 Å². The van der Waals surface area contributed by atoms with Crippen LogP contribution in [0.15, 0.2) is 6.07 Å². The monoisotopic (exact) mass is 335 g/mol. The second-order valence-corrected chi connectivity index (χ2v) is 7.09. The van der Waals surface area contributed by atoms with E-state index in [4.69, 9.17) is 16.3 Å². The molecule has 0 aromatic heterocycles. The van der Waals surface area contributed by atoms with Gasteiger partial charge in [0.1, 0.15) is 5.75 Å². The first-order valence-electron chi connectivity index (χ1n) is 8.34. The van der Waals surface area contributed by atoms with Gasteiger partial charge in [0.15, 0.2) is 0 Å². The number of hydrogen-bond acceptors (Lipinski definition) is 4. The van der Waals surface area contributed by atoms with Gasteiger partial charge in [-0.3, -0.25) is 4.79 Å². The van der Waals surface area contributed by atoms with E-state index in [2.05, 4.69) is 15.5 Å². The van der Waals surface area contributed by atoms with Crippen molar-refractivity contribution in [3.8, 4) is 5.75 Å². The highest BCUT2D eigenvalue weighted by molar-refractivity contribution is 6.34. The fraction of sp³-hybridized carbons (Fsp3) is 0.588. The van der Waals surface area contributed by atoms with Gasteiger partial charge in [-0.1, -0.05) is 11.6 Å². The van der Waals surface area contributed by atoms with Crippen molar-refractivity contribution in [2.75, 3.05) is 38.6 Å². The SMILES string of the molecule is COc1c(C(=O)NC2CN3CCC2CC3)cc(Cl)c2c1CCN2. The summed E-state index contributed by atoms with van der Waals surface area (Å²) in [5, 5.41) is 7.08. The smallest absolute Gasteiger partial charge is 0.255 e. The van der Waals surface area contributed by atoms with Crippen LogP contribution in [0.5, 0.6) is 5.75 Å². The first-order chi connectivity index (χ1) is 11.2. The van der Waals surface area contributed by atoms with Gasteiger partial charge in [0, 0.05) is 24.7 Å². The average Bonchev–Trinajstić information content (AvgIpc) is 3.06. The first-order valence-corrected chi connectivity index (χ1v) is 8.71. The van der Waals surface area contributed by atoms with Crippen molar-refractivity contribution in [2.24, 2.45) is 5.92 Å². The maximum absolute atomic E-state index is 12.8. The molecule has 4 aliphatic heterocycles. The summed E-state index contributed by atoms with van der Waals surface area (Å²) in [4.78, 5) is 15.3. The van der Waals surface area contributed by atoms with E-state index in [9.17, 15) is 4.79 Å². The van der Waals surface area contributed by atoms with E-state index in [1.165, 1.54) is 12.8 Å². The lowest BCUT2D eigenvalue weighted by Crippen LogP contribution is -2.57. The van der Waals surface area contributed by atoms with E-state index in [0.29, 0.717) is 22.3 Å². The molecule has 0 aliphatic carbocycles. The molecule has 23 heavy (non-hydrogen) atoms. The number of piperidine rings is 3. The molecule has 2 N–H and O–H groups in total. The Bertz CT molecular complexity index is 641. The number of benzene rings is 1. The second kappa shape index (κ2) is 5.87. The van der Waals surface area contributed by atoms with Crippen molar-refractivity contribution in [3.63, 3.8) is 0 Å². The molecule has 1 atom stereocenters. The Morgan fingerprint density at radius 3 is 2.87 bits per heavy atom. The van der Waals surface area contributed by atoms with Gasteiger partial charge in [-0.25, -0.2) is 0 Å². The molecule has 124 valence electrons. The largest absolute Gasteiger partial charge is 0.496 e. The van der Waals surface area contributed by atoms with E-state index in [1.54, 1.807) is 13.2 Å². The summed E-state index contributed by atoms with van der Waals surface area (Å²) in [5.41, 5.74) is 2.47. The first kappa shape index (κ1) is 15.1. The Balaban J connectivity index is 1.60. The molecular weight excluding hydrogens is 314 g/mol. The fourth-order valence-electron chi connectivity index (χ4n) is 4.20. The third-order valence-electron chi connectivity index (χ3n) is 5.43. The maximum atomic E-state index is 12.8. The van der Waals surface area contributed by atoms with Crippen molar-refractivity contribution in [1.29, 1.82) is 0 Å². The number of halogens is 1. The number of hydrogen-bond donors (Lipinski definition) is 2. The molecule has 0 saturated carbocycles. The normalized spacial score (nSPS) is 28.2. The Morgan fingerprint density at radius 2 is 2.22 bits per heavy atom. The molecule has 6 heteroatoms. The summed E-state index contributed by atoms with van der Waals surface area (Å²) in [6, 6.07) is 1.97. The standard InChI is InChI=1S/C17H22ClN3O2/c1-23-16-11-2-5-19-15(11)13(18)8-12(16)17(22)20-14-9-21-6-3-10(14)4-7-21/h8,10,14,19H,2-7,9H2,1H3,(H,20,22).